The minimum atomic E-state index is -0.874. The normalized spacial score (nSPS) is 11.7. The SMILES string of the molecule is COC(=O)c1cc(C(N)NNC(C)=O)c2cc(Cc3ccc(F)cc3)cnc2c1OCc1ccccc1. The zero-order chi connectivity index (χ0) is 26.4. The molecule has 0 saturated carbocycles. The second-order valence-electron chi connectivity index (χ2n) is 8.45. The lowest BCUT2D eigenvalue weighted by atomic mass is 9.98. The van der Waals surface area contributed by atoms with Gasteiger partial charge in [-0.3, -0.25) is 15.2 Å². The van der Waals surface area contributed by atoms with Crippen molar-refractivity contribution in [3.05, 3.63) is 107 Å². The predicted octanol–water partition coefficient (Wildman–Crippen LogP) is 3.93. The van der Waals surface area contributed by atoms with Crippen molar-refractivity contribution in [1.29, 1.82) is 0 Å². The number of benzene rings is 3. The van der Waals surface area contributed by atoms with Crippen LogP contribution in [0.2, 0.25) is 0 Å². The highest BCUT2D eigenvalue weighted by Gasteiger charge is 2.24. The van der Waals surface area contributed by atoms with Gasteiger partial charge in [0.15, 0.2) is 5.75 Å². The molecule has 4 rings (SSSR count). The van der Waals surface area contributed by atoms with Crippen molar-refractivity contribution in [3.63, 3.8) is 0 Å². The van der Waals surface area contributed by atoms with E-state index >= 15 is 0 Å². The highest BCUT2D eigenvalue weighted by molar-refractivity contribution is 6.01. The Kier molecular flexibility index (Phi) is 8.07. The van der Waals surface area contributed by atoms with Gasteiger partial charge in [-0.05, 0) is 52.9 Å². The first-order valence-corrected chi connectivity index (χ1v) is 11.6. The third-order valence-corrected chi connectivity index (χ3v) is 5.71. The van der Waals surface area contributed by atoms with Crippen LogP contribution in [0.5, 0.6) is 5.75 Å². The Balaban J connectivity index is 1.83. The minimum Gasteiger partial charge on any atom is -0.486 e. The average molecular weight is 503 g/mol. The Hall–Kier alpha value is -4.34. The molecule has 1 amide bonds. The van der Waals surface area contributed by atoms with E-state index in [1.165, 1.54) is 26.2 Å². The molecule has 4 aromatic rings. The number of aromatic nitrogens is 1. The molecule has 0 saturated heterocycles. The number of hydrogen-bond acceptors (Lipinski definition) is 7. The van der Waals surface area contributed by atoms with Gasteiger partial charge in [-0.25, -0.2) is 14.6 Å². The minimum absolute atomic E-state index is 0.153. The fourth-order valence-corrected chi connectivity index (χ4v) is 3.92. The van der Waals surface area contributed by atoms with E-state index in [9.17, 15) is 14.0 Å². The number of halogens is 1. The Bertz CT molecular complexity index is 1410. The number of nitrogens with two attached hydrogens (primary N) is 1. The third-order valence-electron chi connectivity index (χ3n) is 5.71. The zero-order valence-corrected chi connectivity index (χ0v) is 20.5. The first kappa shape index (κ1) is 25.7. The first-order chi connectivity index (χ1) is 17.9. The molecule has 1 atom stereocenters. The van der Waals surface area contributed by atoms with Gasteiger partial charge in [-0.15, -0.1) is 0 Å². The summed E-state index contributed by atoms with van der Waals surface area (Å²) in [6, 6.07) is 19.2. The van der Waals surface area contributed by atoms with E-state index in [1.54, 1.807) is 24.4 Å². The summed E-state index contributed by atoms with van der Waals surface area (Å²) in [5.74, 6) is -0.997. The molecule has 1 aromatic heterocycles. The number of methoxy groups -OCH3 is 1. The van der Waals surface area contributed by atoms with Crippen LogP contribution in [-0.2, 0) is 22.6 Å². The van der Waals surface area contributed by atoms with Crippen LogP contribution in [0.15, 0.2) is 72.9 Å². The number of amides is 1. The summed E-state index contributed by atoms with van der Waals surface area (Å²) >= 11 is 0. The van der Waals surface area contributed by atoms with Crippen molar-refractivity contribution in [3.8, 4) is 5.75 Å². The summed E-state index contributed by atoms with van der Waals surface area (Å²) in [5, 5.41) is 0.626. The van der Waals surface area contributed by atoms with E-state index in [-0.39, 0.29) is 29.6 Å². The summed E-state index contributed by atoms with van der Waals surface area (Å²) in [6.07, 6.45) is 1.30. The molecule has 4 N–H and O–H groups in total. The lowest BCUT2D eigenvalue weighted by Crippen LogP contribution is -2.42. The number of ether oxygens (including phenoxy) is 2. The fourth-order valence-electron chi connectivity index (χ4n) is 3.92. The van der Waals surface area contributed by atoms with Gasteiger partial charge in [-0.1, -0.05) is 42.5 Å². The highest BCUT2D eigenvalue weighted by atomic mass is 19.1. The zero-order valence-electron chi connectivity index (χ0n) is 20.5. The molecule has 0 bridgehead atoms. The number of carbonyl (C=O) groups is 2. The summed E-state index contributed by atoms with van der Waals surface area (Å²) in [4.78, 5) is 28.9. The quantitative estimate of drug-likeness (QED) is 0.180. The van der Waals surface area contributed by atoms with Crippen LogP contribution in [0.3, 0.4) is 0 Å². The molecule has 3 aromatic carbocycles. The van der Waals surface area contributed by atoms with Crippen molar-refractivity contribution in [2.24, 2.45) is 5.73 Å². The van der Waals surface area contributed by atoms with Crippen LogP contribution >= 0.6 is 0 Å². The van der Waals surface area contributed by atoms with Crippen molar-refractivity contribution in [2.45, 2.75) is 26.1 Å². The average Bonchev–Trinajstić information content (AvgIpc) is 2.91. The summed E-state index contributed by atoms with van der Waals surface area (Å²) < 4.78 is 24.5. The molecule has 8 nitrogen and oxygen atoms in total. The molecule has 9 heteroatoms. The van der Waals surface area contributed by atoms with E-state index < -0.39 is 12.1 Å². The van der Waals surface area contributed by atoms with Gasteiger partial charge in [0.25, 0.3) is 0 Å². The predicted molar refractivity (Wildman–Crippen MR) is 137 cm³/mol. The van der Waals surface area contributed by atoms with Crippen LogP contribution in [0.1, 0.15) is 45.7 Å². The van der Waals surface area contributed by atoms with Crippen LogP contribution < -0.4 is 21.3 Å². The molecule has 190 valence electrons. The Morgan fingerprint density at radius 1 is 1.03 bits per heavy atom. The second kappa shape index (κ2) is 11.6. The maximum absolute atomic E-state index is 13.4. The number of rotatable bonds is 9. The highest BCUT2D eigenvalue weighted by Crippen LogP contribution is 2.35. The van der Waals surface area contributed by atoms with Gasteiger partial charge in [-0.2, -0.15) is 0 Å². The number of nitrogens with one attached hydrogen (secondary N) is 2. The second-order valence-corrected chi connectivity index (χ2v) is 8.45. The van der Waals surface area contributed by atoms with E-state index in [0.29, 0.717) is 22.9 Å². The van der Waals surface area contributed by atoms with Gasteiger partial charge < -0.3 is 15.2 Å². The van der Waals surface area contributed by atoms with Crippen LogP contribution in [0.25, 0.3) is 10.9 Å². The first-order valence-electron chi connectivity index (χ1n) is 11.6. The van der Waals surface area contributed by atoms with Gasteiger partial charge in [0.1, 0.15) is 23.5 Å². The molecule has 0 aliphatic rings. The van der Waals surface area contributed by atoms with Crippen LogP contribution in [0.4, 0.5) is 4.39 Å². The van der Waals surface area contributed by atoms with E-state index in [4.69, 9.17) is 15.2 Å². The monoisotopic (exact) mass is 502 g/mol. The van der Waals surface area contributed by atoms with E-state index in [0.717, 1.165) is 16.7 Å². The number of esters is 1. The number of carbonyl (C=O) groups excluding carboxylic acids is 2. The molecule has 37 heavy (non-hydrogen) atoms. The number of fused-ring (bicyclic) bond motifs is 1. The maximum Gasteiger partial charge on any atom is 0.341 e. The molecule has 0 radical (unpaired) electrons. The number of hydrogen-bond donors (Lipinski definition) is 3. The van der Waals surface area contributed by atoms with E-state index in [1.807, 2.05) is 36.4 Å². The fraction of sp³-hybridized carbons (Fsp3) is 0.179. The van der Waals surface area contributed by atoms with Crippen LogP contribution in [0, 0.1) is 5.82 Å². The van der Waals surface area contributed by atoms with Gasteiger partial charge in [0.2, 0.25) is 5.91 Å². The molecule has 0 spiro atoms. The summed E-state index contributed by atoms with van der Waals surface area (Å²) in [6.45, 7) is 1.55. The van der Waals surface area contributed by atoms with E-state index in [2.05, 4.69) is 15.8 Å². The number of pyridine rings is 1. The molecular formula is C28H27FN4O4. The van der Waals surface area contributed by atoms with Crippen molar-refractivity contribution in [1.82, 2.24) is 15.8 Å². The van der Waals surface area contributed by atoms with Gasteiger partial charge in [0, 0.05) is 18.5 Å². The lowest BCUT2D eigenvalue weighted by Gasteiger charge is -2.21. The van der Waals surface area contributed by atoms with Crippen LogP contribution in [-0.4, -0.2) is 24.0 Å². The molecule has 0 fully saturated rings. The lowest BCUT2D eigenvalue weighted by molar-refractivity contribution is -0.120. The van der Waals surface area contributed by atoms with Crippen molar-refractivity contribution >= 4 is 22.8 Å². The molecular weight excluding hydrogens is 475 g/mol. The Morgan fingerprint density at radius 3 is 2.43 bits per heavy atom. The summed E-state index contributed by atoms with van der Waals surface area (Å²) in [7, 11) is 1.28. The largest absolute Gasteiger partial charge is 0.486 e. The third kappa shape index (κ3) is 6.27. The van der Waals surface area contributed by atoms with Gasteiger partial charge in [0.05, 0.1) is 13.3 Å². The molecule has 1 unspecified atom stereocenters. The number of nitrogens with zero attached hydrogens (tertiary/aromatic N) is 1. The number of hydrazine groups is 1. The Labute approximate surface area is 213 Å². The Morgan fingerprint density at radius 2 is 1.76 bits per heavy atom. The standard InChI is InChI=1S/C28H27FN4O4/c1-17(34)32-33-27(30)23-14-24(28(35)36-2)26(37-16-19-6-4-3-5-7-19)25-22(23)13-20(15-31-25)12-18-8-10-21(29)11-9-18/h3-11,13-15,27,33H,12,16,30H2,1-2H3,(H,32,34). The maximum atomic E-state index is 13.4. The topological polar surface area (TPSA) is 116 Å². The van der Waals surface area contributed by atoms with Gasteiger partial charge >= 0.3 is 5.97 Å². The molecule has 1 heterocycles. The molecule has 0 aliphatic heterocycles. The molecule has 0 aliphatic carbocycles. The van der Waals surface area contributed by atoms with Crippen molar-refractivity contribution < 1.29 is 23.5 Å². The summed E-state index contributed by atoms with van der Waals surface area (Å²) in [5.41, 5.74) is 15.3. The van der Waals surface area contributed by atoms with Crippen molar-refractivity contribution in [2.75, 3.05) is 7.11 Å². The smallest absolute Gasteiger partial charge is 0.341 e.